The van der Waals surface area contributed by atoms with E-state index in [2.05, 4.69) is 52.8 Å². The van der Waals surface area contributed by atoms with Gasteiger partial charge in [-0.1, -0.05) is 65.7 Å². The quantitative estimate of drug-likeness (QED) is 0.425. The number of hydrogen-bond donors (Lipinski definition) is 0. The first-order chi connectivity index (χ1) is 14.3. The summed E-state index contributed by atoms with van der Waals surface area (Å²) in [4.78, 5) is 0. The normalized spacial score (nSPS) is 13.1. The number of para-hydroxylation sites is 1. The highest BCUT2D eigenvalue weighted by Gasteiger charge is 2.25. The lowest BCUT2D eigenvalue weighted by molar-refractivity contribution is -0.734. The zero-order valence-corrected chi connectivity index (χ0v) is 15.9. The standard InChI is InChI=1S/C25H25N2/c1-18-14-19(2)16-22(15-18)25-23(21-11-6-5-7-12-21)17-27(26(25)4)24-13-9-8-10-20(24)3/h5-17H,1-4H3/q+1/i1D3. The SMILES string of the molecule is [2H]C([2H])([2H])c1cc(C)cc(-c2c(-c3ccccc3)cn(-c3ccccc3C)[n+]2C)c1. The minimum atomic E-state index is -2.15. The molecule has 0 amide bonds. The molecule has 27 heavy (non-hydrogen) atoms. The third kappa shape index (κ3) is 3.19. The molecule has 0 aliphatic heterocycles. The van der Waals surface area contributed by atoms with E-state index >= 15 is 0 Å². The summed E-state index contributed by atoms with van der Waals surface area (Å²) < 4.78 is 27.9. The van der Waals surface area contributed by atoms with Gasteiger partial charge in [0, 0.05) is 9.68 Å². The maximum atomic E-state index is 7.89. The third-order valence-corrected chi connectivity index (χ3v) is 4.95. The lowest BCUT2D eigenvalue weighted by Gasteiger charge is -2.06. The Morgan fingerprint density at radius 1 is 0.815 bits per heavy atom. The van der Waals surface area contributed by atoms with E-state index in [0.29, 0.717) is 5.56 Å². The number of aryl methyl sites for hydroxylation is 3. The van der Waals surface area contributed by atoms with Crippen molar-refractivity contribution in [2.24, 2.45) is 7.05 Å². The van der Waals surface area contributed by atoms with E-state index in [0.717, 1.165) is 33.6 Å². The molecular weight excluding hydrogens is 328 g/mol. The lowest BCUT2D eigenvalue weighted by atomic mass is 9.99. The van der Waals surface area contributed by atoms with Crippen LogP contribution in [0, 0.1) is 20.7 Å². The molecule has 0 N–H and O–H groups in total. The van der Waals surface area contributed by atoms with Gasteiger partial charge >= 0.3 is 0 Å². The van der Waals surface area contributed by atoms with Crippen LogP contribution in [0.4, 0.5) is 0 Å². The summed E-state index contributed by atoms with van der Waals surface area (Å²) in [5.41, 5.74) is 7.58. The Hall–Kier alpha value is -3.13. The molecule has 0 bridgehead atoms. The zero-order chi connectivity index (χ0) is 21.5. The van der Waals surface area contributed by atoms with Gasteiger partial charge in [0.15, 0.2) is 7.05 Å². The van der Waals surface area contributed by atoms with Gasteiger partial charge < -0.3 is 0 Å². The van der Waals surface area contributed by atoms with Gasteiger partial charge in [0.25, 0.3) is 0 Å². The van der Waals surface area contributed by atoms with Crippen LogP contribution < -0.4 is 4.68 Å². The summed E-state index contributed by atoms with van der Waals surface area (Å²) in [6.45, 7) is 1.89. The molecular formula is C25H25N2+. The summed E-state index contributed by atoms with van der Waals surface area (Å²) >= 11 is 0. The van der Waals surface area contributed by atoms with Gasteiger partial charge in [-0.2, -0.15) is 0 Å². The number of aromatic nitrogens is 2. The first-order valence-electron chi connectivity index (χ1n) is 10.6. The van der Waals surface area contributed by atoms with Gasteiger partial charge in [-0.25, -0.2) is 0 Å². The van der Waals surface area contributed by atoms with Gasteiger partial charge in [-0.3, -0.25) is 0 Å². The van der Waals surface area contributed by atoms with E-state index in [1.807, 2.05) is 44.3 Å². The maximum Gasteiger partial charge on any atom is 0.246 e. The largest absolute Gasteiger partial charge is 0.246 e. The summed E-state index contributed by atoms with van der Waals surface area (Å²) in [5.74, 6) is 0. The van der Waals surface area contributed by atoms with Crippen LogP contribution in [0.3, 0.4) is 0 Å². The Bertz CT molecular complexity index is 1210. The first kappa shape index (κ1) is 14.0. The van der Waals surface area contributed by atoms with Crippen LogP contribution in [0.25, 0.3) is 28.1 Å². The van der Waals surface area contributed by atoms with Crippen molar-refractivity contribution in [2.75, 3.05) is 0 Å². The fraction of sp³-hybridized carbons (Fsp3) is 0.160. The highest BCUT2D eigenvalue weighted by Crippen LogP contribution is 2.32. The Morgan fingerprint density at radius 3 is 2.26 bits per heavy atom. The van der Waals surface area contributed by atoms with Crippen molar-refractivity contribution in [3.63, 3.8) is 0 Å². The first-order valence-corrected chi connectivity index (χ1v) is 9.11. The van der Waals surface area contributed by atoms with Crippen molar-refractivity contribution < 1.29 is 8.79 Å². The summed E-state index contributed by atoms with van der Waals surface area (Å²) in [7, 11) is 2.02. The van der Waals surface area contributed by atoms with Crippen molar-refractivity contribution in [1.29, 1.82) is 0 Å². The molecule has 0 spiro atoms. The van der Waals surface area contributed by atoms with Crippen molar-refractivity contribution in [3.8, 4) is 28.1 Å². The minimum Gasteiger partial charge on any atom is -0.127 e. The molecule has 2 nitrogen and oxygen atoms in total. The molecule has 4 rings (SSSR count). The number of rotatable bonds is 3. The smallest absolute Gasteiger partial charge is 0.127 e. The van der Waals surface area contributed by atoms with Gasteiger partial charge in [-0.15, -0.1) is 9.36 Å². The third-order valence-electron chi connectivity index (χ3n) is 4.95. The Kier molecular flexibility index (Phi) is 3.57. The van der Waals surface area contributed by atoms with Crippen LogP contribution in [-0.4, -0.2) is 4.68 Å². The molecule has 0 fully saturated rings. The maximum absolute atomic E-state index is 7.89. The van der Waals surface area contributed by atoms with Crippen molar-refractivity contribution >= 4 is 0 Å². The van der Waals surface area contributed by atoms with Crippen LogP contribution in [0.15, 0.2) is 79.0 Å². The molecule has 4 aromatic rings. The fourth-order valence-corrected chi connectivity index (χ4v) is 3.69. The van der Waals surface area contributed by atoms with E-state index in [1.165, 1.54) is 5.56 Å². The monoisotopic (exact) mass is 356 g/mol. The van der Waals surface area contributed by atoms with E-state index in [-0.39, 0.29) is 0 Å². The Morgan fingerprint density at radius 2 is 1.52 bits per heavy atom. The molecule has 1 aromatic heterocycles. The van der Waals surface area contributed by atoms with E-state index in [9.17, 15) is 0 Å². The molecule has 0 atom stereocenters. The van der Waals surface area contributed by atoms with Gasteiger partial charge in [0.05, 0.1) is 11.8 Å². The van der Waals surface area contributed by atoms with Crippen LogP contribution in [0.5, 0.6) is 0 Å². The van der Waals surface area contributed by atoms with E-state index in [4.69, 9.17) is 4.11 Å². The molecule has 0 saturated heterocycles. The van der Waals surface area contributed by atoms with E-state index < -0.39 is 6.85 Å². The molecule has 134 valence electrons. The molecule has 1 heterocycles. The fourth-order valence-electron chi connectivity index (χ4n) is 3.69. The molecule has 2 heteroatoms. The summed E-state index contributed by atoms with van der Waals surface area (Å²) in [6, 6.07) is 24.1. The Balaban J connectivity index is 2.03. The average Bonchev–Trinajstić information content (AvgIpc) is 3.05. The second-order valence-electron chi connectivity index (χ2n) is 7.00. The molecule has 0 unspecified atom stereocenters. The number of hydrogen-bond acceptors (Lipinski definition) is 0. The van der Waals surface area contributed by atoms with Gasteiger partial charge in [0.2, 0.25) is 5.69 Å². The molecule has 0 aliphatic carbocycles. The minimum absolute atomic E-state index is 0.361. The van der Waals surface area contributed by atoms with Crippen molar-refractivity contribution in [1.82, 2.24) is 4.68 Å². The topological polar surface area (TPSA) is 8.81 Å². The Labute approximate surface area is 165 Å². The predicted molar refractivity (Wildman–Crippen MR) is 112 cm³/mol. The molecule has 3 aromatic carbocycles. The van der Waals surface area contributed by atoms with Gasteiger partial charge in [0.1, 0.15) is 5.69 Å². The van der Waals surface area contributed by atoms with Gasteiger partial charge in [-0.05, 0) is 50.0 Å². The molecule has 0 aliphatic rings. The van der Waals surface area contributed by atoms with E-state index in [1.54, 1.807) is 12.1 Å². The number of benzene rings is 3. The average molecular weight is 357 g/mol. The zero-order valence-electron chi connectivity index (χ0n) is 18.9. The second-order valence-corrected chi connectivity index (χ2v) is 7.00. The van der Waals surface area contributed by atoms with Crippen molar-refractivity contribution in [3.05, 3.63) is 95.7 Å². The second kappa shape index (κ2) is 6.88. The van der Waals surface area contributed by atoms with Crippen LogP contribution in [0.1, 0.15) is 20.8 Å². The molecule has 0 radical (unpaired) electrons. The van der Waals surface area contributed by atoms with Crippen LogP contribution in [0.2, 0.25) is 0 Å². The van der Waals surface area contributed by atoms with Crippen LogP contribution >= 0.6 is 0 Å². The highest BCUT2D eigenvalue weighted by molar-refractivity contribution is 5.79. The highest BCUT2D eigenvalue weighted by atomic mass is 15.4. The summed E-state index contributed by atoms with van der Waals surface area (Å²) in [5, 5.41) is 0. The lowest BCUT2D eigenvalue weighted by Crippen LogP contribution is -2.39. The number of nitrogens with zero attached hydrogens (tertiary/aromatic N) is 2. The predicted octanol–water partition coefficient (Wildman–Crippen LogP) is 5.56. The van der Waals surface area contributed by atoms with Crippen LogP contribution in [-0.2, 0) is 7.05 Å². The molecule has 0 saturated carbocycles. The summed E-state index contributed by atoms with van der Waals surface area (Å²) in [6.07, 6.45) is 2.13. The van der Waals surface area contributed by atoms with Crippen molar-refractivity contribution in [2.45, 2.75) is 20.7 Å².